The first-order valence-corrected chi connectivity index (χ1v) is 4.80. The number of aromatic carboxylic acids is 1. The van der Waals surface area contributed by atoms with Crippen LogP contribution in [0.5, 0.6) is 0 Å². The molecule has 16 heavy (non-hydrogen) atoms. The van der Waals surface area contributed by atoms with Gasteiger partial charge >= 0.3 is 5.97 Å². The first-order valence-electron chi connectivity index (χ1n) is 4.80. The van der Waals surface area contributed by atoms with Gasteiger partial charge in [-0.1, -0.05) is 19.1 Å². The van der Waals surface area contributed by atoms with E-state index >= 15 is 0 Å². The number of hydrogen-bond acceptors (Lipinski definition) is 3. The zero-order valence-electron chi connectivity index (χ0n) is 8.80. The largest absolute Gasteiger partial charge is 0.478 e. The Morgan fingerprint density at radius 1 is 1.62 bits per heavy atom. The monoisotopic (exact) mass is 217 g/mol. The minimum atomic E-state index is -1.13. The summed E-state index contributed by atoms with van der Waals surface area (Å²) in [5, 5.41) is 17.8. The summed E-state index contributed by atoms with van der Waals surface area (Å²) in [5.74, 6) is -1.39. The van der Waals surface area contributed by atoms with Crippen LogP contribution in [0.1, 0.15) is 28.4 Å². The van der Waals surface area contributed by atoms with Crippen molar-refractivity contribution in [2.24, 2.45) is 5.92 Å². The fourth-order valence-electron chi connectivity index (χ4n) is 1.51. The second kappa shape index (κ2) is 5.08. The first-order chi connectivity index (χ1) is 7.60. The van der Waals surface area contributed by atoms with Crippen LogP contribution in [0.4, 0.5) is 0 Å². The molecule has 0 fully saturated rings. The first kappa shape index (κ1) is 11.9. The molecule has 1 N–H and O–H groups in total. The van der Waals surface area contributed by atoms with Crippen molar-refractivity contribution in [2.45, 2.75) is 13.3 Å². The number of benzene rings is 1. The maximum absolute atomic E-state index is 11.0. The molecule has 4 heteroatoms. The van der Waals surface area contributed by atoms with Gasteiger partial charge in [0, 0.05) is 5.92 Å². The van der Waals surface area contributed by atoms with Crippen LogP contribution in [0.3, 0.4) is 0 Å². The van der Waals surface area contributed by atoms with Crippen LogP contribution >= 0.6 is 0 Å². The third-order valence-corrected chi connectivity index (χ3v) is 2.26. The van der Waals surface area contributed by atoms with E-state index in [0.29, 0.717) is 12.0 Å². The van der Waals surface area contributed by atoms with Gasteiger partial charge in [0.1, 0.15) is 12.4 Å². The van der Waals surface area contributed by atoms with Gasteiger partial charge in [-0.15, -0.1) is 0 Å². The van der Waals surface area contributed by atoms with E-state index in [9.17, 15) is 9.59 Å². The molecule has 0 saturated heterocycles. The van der Waals surface area contributed by atoms with E-state index in [1.165, 1.54) is 6.07 Å². The number of nitriles is 1. The van der Waals surface area contributed by atoms with Crippen LogP contribution in [-0.2, 0) is 11.2 Å². The van der Waals surface area contributed by atoms with Crippen molar-refractivity contribution >= 4 is 12.3 Å². The quantitative estimate of drug-likeness (QED) is 0.777. The lowest BCUT2D eigenvalue weighted by Crippen LogP contribution is -2.09. The van der Waals surface area contributed by atoms with Crippen molar-refractivity contribution in [3.05, 3.63) is 34.9 Å². The number of rotatable bonds is 4. The van der Waals surface area contributed by atoms with Crippen LogP contribution < -0.4 is 0 Å². The molecule has 0 saturated carbocycles. The smallest absolute Gasteiger partial charge is 0.337 e. The molecule has 4 nitrogen and oxygen atoms in total. The minimum Gasteiger partial charge on any atom is -0.478 e. The van der Waals surface area contributed by atoms with Crippen LogP contribution in [0.15, 0.2) is 18.2 Å². The maximum atomic E-state index is 11.0. The van der Waals surface area contributed by atoms with Crippen molar-refractivity contribution in [1.29, 1.82) is 5.26 Å². The highest BCUT2D eigenvalue weighted by atomic mass is 16.4. The van der Waals surface area contributed by atoms with Crippen LogP contribution in [-0.4, -0.2) is 17.4 Å². The van der Waals surface area contributed by atoms with E-state index in [-0.39, 0.29) is 17.0 Å². The molecular weight excluding hydrogens is 206 g/mol. The molecule has 1 aromatic rings. The van der Waals surface area contributed by atoms with Gasteiger partial charge in [-0.3, -0.25) is 0 Å². The Balaban J connectivity index is 3.23. The highest BCUT2D eigenvalue weighted by molar-refractivity contribution is 5.92. The summed E-state index contributed by atoms with van der Waals surface area (Å²) in [6.07, 6.45) is 1.10. The SMILES string of the molecule is CC(C=O)Cc1cccc(C#N)c1C(=O)O. The van der Waals surface area contributed by atoms with Crippen molar-refractivity contribution in [3.63, 3.8) is 0 Å². The zero-order valence-corrected chi connectivity index (χ0v) is 8.80. The van der Waals surface area contributed by atoms with Gasteiger partial charge in [0.2, 0.25) is 0 Å². The Morgan fingerprint density at radius 2 is 2.31 bits per heavy atom. The van der Waals surface area contributed by atoms with E-state index in [1.54, 1.807) is 19.1 Å². The van der Waals surface area contributed by atoms with Gasteiger partial charge in [-0.2, -0.15) is 5.26 Å². The van der Waals surface area contributed by atoms with Crippen LogP contribution in [0.2, 0.25) is 0 Å². The molecule has 1 atom stereocenters. The van der Waals surface area contributed by atoms with Crippen LogP contribution in [0.25, 0.3) is 0 Å². The second-order valence-electron chi connectivity index (χ2n) is 3.57. The molecule has 1 rings (SSSR count). The fourth-order valence-corrected chi connectivity index (χ4v) is 1.51. The average molecular weight is 217 g/mol. The van der Waals surface area contributed by atoms with Gasteiger partial charge < -0.3 is 9.90 Å². The molecule has 0 amide bonds. The number of hydrogen-bond donors (Lipinski definition) is 1. The van der Waals surface area contributed by atoms with Gasteiger partial charge in [0.25, 0.3) is 0 Å². The van der Waals surface area contributed by atoms with Crippen molar-refractivity contribution in [1.82, 2.24) is 0 Å². The molecule has 0 radical (unpaired) electrons. The average Bonchev–Trinajstić information content (AvgIpc) is 2.28. The standard InChI is InChI=1S/C12H11NO3/c1-8(7-14)5-9-3-2-4-10(6-13)11(9)12(15)16/h2-4,7-8H,5H2,1H3,(H,15,16). The van der Waals surface area contributed by atoms with Gasteiger partial charge in [0.15, 0.2) is 0 Å². The number of carbonyl (C=O) groups excluding carboxylic acids is 1. The summed E-state index contributed by atoms with van der Waals surface area (Å²) in [7, 11) is 0. The number of carboxylic acids is 1. The van der Waals surface area contributed by atoms with E-state index in [4.69, 9.17) is 10.4 Å². The maximum Gasteiger partial charge on any atom is 0.337 e. The van der Waals surface area contributed by atoms with E-state index in [2.05, 4.69) is 0 Å². The lowest BCUT2D eigenvalue weighted by atomic mass is 9.94. The predicted octanol–water partition coefficient (Wildman–Crippen LogP) is 1.63. The molecule has 0 heterocycles. The van der Waals surface area contributed by atoms with Crippen molar-refractivity contribution in [2.75, 3.05) is 0 Å². The predicted molar refractivity (Wildman–Crippen MR) is 57.0 cm³/mol. The highest BCUT2D eigenvalue weighted by Gasteiger charge is 2.16. The second-order valence-corrected chi connectivity index (χ2v) is 3.57. The molecule has 0 aliphatic carbocycles. The number of nitrogens with zero attached hydrogens (tertiary/aromatic N) is 1. The fraction of sp³-hybridized carbons (Fsp3) is 0.250. The molecule has 0 aliphatic heterocycles. The zero-order chi connectivity index (χ0) is 12.1. The third-order valence-electron chi connectivity index (χ3n) is 2.26. The lowest BCUT2D eigenvalue weighted by molar-refractivity contribution is -0.110. The molecule has 0 spiro atoms. The topological polar surface area (TPSA) is 78.2 Å². The van der Waals surface area contributed by atoms with Crippen molar-refractivity contribution in [3.8, 4) is 6.07 Å². The number of aldehydes is 1. The summed E-state index contributed by atoms with van der Waals surface area (Å²) in [5.41, 5.74) is 0.646. The minimum absolute atomic E-state index is 0.00120. The van der Waals surface area contributed by atoms with Gasteiger partial charge in [0.05, 0.1) is 11.1 Å². The molecule has 0 aromatic heterocycles. The van der Waals surface area contributed by atoms with E-state index in [1.807, 2.05) is 6.07 Å². The summed E-state index contributed by atoms with van der Waals surface area (Å²) < 4.78 is 0. The third kappa shape index (κ3) is 2.45. The molecule has 1 unspecified atom stereocenters. The molecule has 1 aromatic carbocycles. The Kier molecular flexibility index (Phi) is 3.78. The molecule has 0 aliphatic rings. The number of carboxylic acid groups (broad SMARTS) is 1. The Labute approximate surface area is 93.1 Å². The molecular formula is C12H11NO3. The summed E-state index contributed by atoms with van der Waals surface area (Å²) in [6.45, 7) is 1.71. The Hall–Kier alpha value is -2.15. The Bertz CT molecular complexity index is 460. The molecule has 82 valence electrons. The van der Waals surface area contributed by atoms with E-state index < -0.39 is 5.97 Å². The molecule has 0 bridgehead atoms. The summed E-state index contributed by atoms with van der Waals surface area (Å²) >= 11 is 0. The normalized spacial score (nSPS) is 11.5. The number of carbonyl (C=O) groups is 2. The van der Waals surface area contributed by atoms with E-state index in [0.717, 1.165) is 6.29 Å². The summed E-state index contributed by atoms with van der Waals surface area (Å²) in [6, 6.07) is 6.55. The van der Waals surface area contributed by atoms with Gasteiger partial charge in [-0.25, -0.2) is 4.79 Å². The van der Waals surface area contributed by atoms with Crippen molar-refractivity contribution < 1.29 is 14.7 Å². The van der Waals surface area contributed by atoms with Gasteiger partial charge in [-0.05, 0) is 18.1 Å². The highest BCUT2D eigenvalue weighted by Crippen LogP contribution is 2.17. The van der Waals surface area contributed by atoms with Crippen LogP contribution in [0, 0.1) is 17.2 Å². The lowest BCUT2D eigenvalue weighted by Gasteiger charge is -2.08. The Morgan fingerprint density at radius 3 is 2.81 bits per heavy atom. The summed E-state index contributed by atoms with van der Waals surface area (Å²) in [4.78, 5) is 21.6.